The van der Waals surface area contributed by atoms with Crippen molar-refractivity contribution in [3.63, 3.8) is 0 Å². The van der Waals surface area contributed by atoms with Gasteiger partial charge in [0.25, 0.3) is 0 Å². The van der Waals surface area contributed by atoms with Crippen LogP contribution in [0.4, 0.5) is 0 Å². The maximum atomic E-state index is 2.41. The fourth-order valence-electron chi connectivity index (χ4n) is 3.80. The third kappa shape index (κ3) is 4.32. The summed E-state index contributed by atoms with van der Waals surface area (Å²) in [6, 6.07) is 24.8. The van der Waals surface area contributed by atoms with Gasteiger partial charge in [-0.1, -0.05) is 81.3 Å². The Balaban J connectivity index is 2.02. The van der Waals surface area contributed by atoms with E-state index in [1.807, 2.05) is 11.8 Å². The first-order valence-electron chi connectivity index (χ1n) is 9.92. The summed E-state index contributed by atoms with van der Waals surface area (Å²) < 4.78 is 0.0839. The van der Waals surface area contributed by atoms with Crippen molar-refractivity contribution in [2.75, 3.05) is 0 Å². The molecule has 136 valence electrons. The average molecular weight is 363 g/mol. The first-order chi connectivity index (χ1) is 12.7. The van der Waals surface area contributed by atoms with E-state index in [9.17, 15) is 0 Å². The second kappa shape index (κ2) is 8.77. The van der Waals surface area contributed by atoms with E-state index < -0.39 is 0 Å². The minimum atomic E-state index is 0.0839. The van der Waals surface area contributed by atoms with Gasteiger partial charge in [0.1, 0.15) is 0 Å². The summed E-state index contributed by atoms with van der Waals surface area (Å²) in [4.78, 5) is 1.35. The Hall–Kier alpha value is -1.73. The van der Waals surface area contributed by atoms with Crippen LogP contribution in [0, 0.1) is 0 Å². The van der Waals surface area contributed by atoms with Gasteiger partial charge in [0, 0.05) is 9.64 Å². The normalized spacial score (nSPS) is 13.7. The van der Waals surface area contributed by atoms with Crippen molar-refractivity contribution in [2.24, 2.45) is 0 Å². The average Bonchev–Trinajstić information content (AvgIpc) is 2.66. The molecule has 0 nitrogen and oxygen atoms in total. The first-order valence-corrected chi connectivity index (χ1v) is 10.7. The minimum absolute atomic E-state index is 0.0839. The molecule has 3 aromatic carbocycles. The molecule has 0 aliphatic carbocycles. The minimum Gasteiger partial charge on any atom is -0.115 e. The highest BCUT2D eigenvalue weighted by Gasteiger charge is 2.28. The van der Waals surface area contributed by atoms with Crippen LogP contribution < -0.4 is 0 Å². The molecule has 0 saturated carbocycles. The summed E-state index contributed by atoms with van der Waals surface area (Å²) in [5.41, 5.74) is 2.93. The standard InChI is InChI=1S/C25H30S/c1-4-6-11-20-16-17-23-21(19-20)12-10-15-24(23)25(3,18-5-2)26-22-13-8-7-9-14-22/h7-10,12-17,19H,4-6,11,18H2,1-3H3. The van der Waals surface area contributed by atoms with Gasteiger partial charge < -0.3 is 0 Å². The van der Waals surface area contributed by atoms with E-state index in [1.165, 1.54) is 58.9 Å². The van der Waals surface area contributed by atoms with Crippen LogP contribution in [0.2, 0.25) is 0 Å². The Bertz CT molecular complexity index is 837. The highest BCUT2D eigenvalue weighted by atomic mass is 32.2. The molecule has 3 aromatic rings. The fourth-order valence-corrected chi connectivity index (χ4v) is 5.20. The second-order valence-electron chi connectivity index (χ2n) is 7.36. The van der Waals surface area contributed by atoms with Crippen LogP contribution in [0.3, 0.4) is 0 Å². The van der Waals surface area contributed by atoms with Crippen LogP contribution >= 0.6 is 11.8 Å². The lowest BCUT2D eigenvalue weighted by Crippen LogP contribution is -2.17. The second-order valence-corrected chi connectivity index (χ2v) is 8.94. The highest BCUT2D eigenvalue weighted by Crippen LogP contribution is 2.46. The molecule has 0 aliphatic rings. The molecule has 0 amide bonds. The molecule has 0 spiro atoms. The largest absolute Gasteiger partial charge is 0.115 e. The van der Waals surface area contributed by atoms with Crippen molar-refractivity contribution in [1.82, 2.24) is 0 Å². The Morgan fingerprint density at radius 2 is 1.65 bits per heavy atom. The summed E-state index contributed by atoms with van der Waals surface area (Å²) in [6.07, 6.45) is 6.05. The number of aryl methyl sites for hydroxylation is 1. The Morgan fingerprint density at radius 1 is 0.846 bits per heavy atom. The summed E-state index contributed by atoms with van der Waals surface area (Å²) in [5, 5.41) is 2.79. The number of fused-ring (bicyclic) bond motifs is 1. The van der Waals surface area contributed by atoms with E-state index in [1.54, 1.807) is 0 Å². The molecule has 0 N–H and O–H groups in total. The molecule has 1 unspecified atom stereocenters. The van der Waals surface area contributed by atoms with Gasteiger partial charge in [0.15, 0.2) is 0 Å². The summed E-state index contributed by atoms with van der Waals surface area (Å²) in [5.74, 6) is 0. The van der Waals surface area contributed by atoms with Gasteiger partial charge in [0.05, 0.1) is 0 Å². The van der Waals surface area contributed by atoms with Crippen molar-refractivity contribution >= 4 is 22.5 Å². The molecule has 0 radical (unpaired) electrons. The molecule has 0 heterocycles. The highest BCUT2D eigenvalue weighted by molar-refractivity contribution is 8.00. The number of thioether (sulfide) groups is 1. The smallest absolute Gasteiger partial charge is 0.0433 e. The lowest BCUT2D eigenvalue weighted by molar-refractivity contribution is 0.613. The number of hydrogen-bond acceptors (Lipinski definition) is 1. The van der Waals surface area contributed by atoms with Crippen LogP contribution in [-0.4, -0.2) is 0 Å². The molecule has 3 rings (SSSR count). The zero-order valence-electron chi connectivity index (χ0n) is 16.3. The monoisotopic (exact) mass is 362 g/mol. The molecule has 0 bridgehead atoms. The topological polar surface area (TPSA) is 0 Å². The molecular formula is C25H30S. The zero-order chi connectivity index (χ0) is 18.4. The van der Waals surface area contributed by atoms with Crippen molar-refractivity contribution in [3.8, 4) is 0 Å². The zero-order valence-corrected chi connectivity index (χ0v) is 17.1. The maximum Gasteiger partial charge on any atom is 0.0433 e. The molecule has 0 aromatic heterocycles. The van der Waals surface area contributed by atoms with Crippen LogP contribution in [0.5, 0.6) is 0 Å². The van der Waals surface area contributed by atoms with E-state index in [0.29, 0.717) is 0 Å². The lowest BCUT2D eigenvalue weighted by atomic mass is 9.90. The third-order valence-corrected chi connectivity index (χ3v) is 6.53. The van der Waals surface area contributed by atoms with Crippen LogP contribution in [0.1, 0.15) is 57.6 Å². The summed E-state index contributed by atoms with van der Waals surface area (Å²) in [6.45, 7) is 6.96. The number of hydrogen-bond donors (Lipinski definition) is 0. The SMILES string of the molecule is CCCCc1ccc2c(C(C)(CCC)Sc3ccccc3)cccc2c1. The van der Waals surface area contributed by atoms with Crippen LogP contribution in [-0.2, 0) is 11.2 Å². The lowest BCUT2D eigenvalue weighted by Gasteiger charge is -2.31. The molecule has 0 fully saturated rings. The van der Waals surface area contributed by atoms with Gasteiger partial charge in [-0.2, -0.15) is 0 Å². The Labute approximate surface area is 163 Å². The van der Waals surface area contributed by atoms with E-state index in [2.05, 4.69) is 87.5 Å². The van der Waals surface area contributed by atoms with Crippen molar-refractivity contribution in [2.45, 2.75) is 62.5 Å². The van der Waals surface area contributed by atoms with Gasteiger partial charge in [0.2, 0.25) is 0 Å². The van der Waals surface area contributed by atoms with Crippen LogP contribution in [0.15, 0.2) is 71.6 Å². The predicted octanol–water partition coefficient (Wildman–Crippen LogP) is 7.99. The predicted molar refractivity (Wildman–Crippen MR) is 117 cm³/mol. The Morgan fingerprint density at radius 3 is 2.38 bits per heavy atom. The molecule has 1 atom stereocenters. The quantitative estimate of drug-likeness (QED) is 0.366. The van der Waals surface area contributed by atoms with Gasteiger partial charge in [-0.3, -0.25) is 0 Å². The number of benzene rings is 3. The molecule has 26 heavy (non-hydrogen) atoms. The molecule has 1 heteroatoms. The Kier molecular flexibility index (Phi) is 6.43. The fraction of sp³-hybridized carbons (Fsp3) is 0.360. The first kappa shape index (κ1) is 19.0. The van der Waals surface area contributed by atoms with Gasteiger partial charge >= 0.3 is 0 Å². The number of rotatable bonds is 8. The molecule has 0 saturated heterocycles. The maximum absolute atomic E-state index is 2.41. The molecular weight excluding hydrogens is 332 g/mol. The van der Waals surface area contributed by atoms with Gasteiger partial charge in [-0.25, -0.2) is 0 Å². The number of unbranched alkanes of at least 4 members (excludes halogenated alkanes) is 1. The van der Waals surface area contributed by atoms with Crippen molar-refractivity contribution < 1.29 is 0 Å². The van der Waals surface area contributed by atoms with E-state index >= 15 is 0 Å². The van der Waals surface area contributed by atoms with Crippen molar-refractivity contribution in [3.05, 3.63) is 77.9 Å². The summed E-state index contributed by atoms with van der Waals surface area (Å²) >= 11 is 2.00. The van der Waals surface area contributed by atoms with Crippen LogP contribution in [0.25, 0.3) is 10.8 Å². The van der Waals surface area contributed by atoms with E-state index in [0.717, 1.165) is 0 Å². The van der Waals surface area contributed by atoms with Gasteiger partial charge in [-0.05, 0) is 60.2 Å². The van der Waals surface area contributed by atoms with Gasteiger partial charge in [-0.15, -0.1) is 11.8 Å². The summed E-state index contributed by atoms with van der Waals surface area (Å²) in [7, 11) is 0. The van der Waals surface area contributed by atoms with E-state index in [-0.39, 0.29) is 4.75 Å². The van der Waals surface area contributed by atoms with E-state index in [4.69, 9.17) is 0 Å². The third-order valence-electron chi connectivity index (χ3n) is 5.15. The molecule has 0 aliphatic heterocycles. The van der Waals surface area contributed by atoms with Crippen molar-refractivity contribution in [1.29, 1.82) is 0 Å².